The van der Waals surface area contributed by atoms with Gasteiger partial charge in [-0.25, -0.2) is 4.79 Å². The number of carbonyl (C=O) groups excluding carboxylic acids is 1. The zero-order valence-corrected chi connectivity index (χ0v) is 20.5. The summed E-state index contributed by atoms with van der Waals surface area (Å²) in [6.07, 6.45) is -0.351. The highest BCUT2D eigenvalue weighted by molar-refractivity contribution is 5.86. The molecule has 10 heteroatoms. The summed E-state index contributed by atoms with van der Waals surface area (Å²) < 4.78 is 48.9. The molecule has 3 heterocycles. The summed E-state index contributed by atoms with van der Waals surface area (Å²) in [4.78, 5) is 28.6. The molecule has 2 unspecified atom stereocenters. The Bertz CT molecular complexity index is 1200. The lowest BCUT2D eigenvalue weighted by Crippen LogP contribution is -2.49. The maximum atomic E-state index is 14.1. The molecule has 7 nitrogen and oxygen atoms in total. The van der Waals surface area contributed by atoms with Crippen LogP contribution in [0.4, 0.5) is 13.2 Å². The Hall–Kier alpha value is -2.33. The number of nitrogens with one attached hydrogen (secondary N) is 1. The van der Waals surface area contributed by atoms with E-state index < -0.39 is 22.8 Å². The van der Waals surface area contributed by atoms with Gasteiger partial charge in [-0.3, -0.25) is 13.9 Å². The summed E-state index contributed by atoms with van der Waals surface area (Å²) in [6, 6.07) is 2.70. The molecule has 192 valence electrons. The first-order valence-corrected chi connectivity index (χ1v) is 12.4. The number of ether oxygens (including phenoxy) is 1. The molecule has 35 heavy (non-hydrogen) atoms. The summed E-state index contributed by atoms with van der Waals surface area (Å²) in [5.74, 6) is -0.0114. The summed E-state index contributed by atoms with van der Waals surface area (Å²) in [6.45, 7) is 5.69. The normalized spacial score (nSPS) is 25.7. The summed E-state index contributed by atoms with van der Waals surface area (Å²) in [7, 11) is 1.47. The molecule has 1 saturated heterocycles. The van der Waals surface area contributed by atoms with Crippen molar-refractivity contribution < 1.29 is 22.7 Å². The van der Waals surface area contributed by atoms with E-state index in [-0.39, 0.29) is 36.6 Å². The average molecular weight is 495 g/mol. The Morgan fingerprint density at radius 3 is 2.54 bits per heavy atom. The minimum absolute atomic E-state index is 0.0555. The third-order valence-electron chi connectivity index (χ3n) is 8.38. The fraction of sp³-hybridized carbons (Fsp3) is 0.680. The van der Waals surface area contributed by atoms with Crippen LogP contribution >= 0.6 is 0 Å². The number of aromatic nitrogens is 2. The van der Waals surface area contributed by atoms with Gasteiger partial charge in [0.2, 0.25) is 5.91 Å². The van der Waals surface area contributed by atoms with E-state index in [1.54, 1.807) is 4.90 Å². The molecule has 2 aliphatic heterocycles. The molecule has 3 aliphatic rings. The fourth-order valence-electron chi connectivity index (χ4n) is 6.30. The van der Waals surface area contributed by atoms with E-state index in [9.17, 15) is 22.8 Å². The minimum atomic E-state index is -4.54. The van der Waals surface area contributed by atoms with E-state index >= 15 is 0 Å². The topological polar surface area (TPSA) is 68.5 Å². The number of rotatable bonds is 4. The van der Waals surface area contributed by atoms with Crippen molar-refractivity contribution in [2.24, 2.45) is 18.4 Å². The van der Waals surface area contributed by atoms with E-state index in [4.69, 9.17) is 4.74 Å². The molecule has 1 saturated carbocycles. The minimum Gasteiger partial charge on any atom is -0.381 e. The Morgan fingerprint density at radius 1 is 1.17 bits per heavy atom. The van der Waals surface area contributed by atoms with Crippen LogP contribution in [0.25, 0.3) is 11.0 Å². The van der Waals surface area contributed by atoms with Gasteiger partial charge in [0, 0.05) is 38.9 Å². The van der Waals surface area contributed by atoms with Gasteiger partial charge in [0.25, 0.3) is 0 Å². The molecule has 2 atom stereocenters. The monoisotopic (exact) mass is 494 g/mol. The number of halogens is 3. The van der Waals surface area contributed by atoms with Crippen LogP contribution in [0.15, 0.2) is 16.9 Å². The SMILES string of the molecule is CC(C)C1(C(=O)N2Cc3cc(C(F)(F)F)cc4c3n(c(=O)n4C)C2)CCC(NC2CCOCC2)C1. The van der Waals surface area contributed by atoms with Gasteiger partial charge in [-0.1, -0.05) is 13.8 Å². The van der Waals surface area contributed by atoms with E-state index in [0.717, 1.165) is 51.0 Å². The molecule has 2 fully saturated rings. The Kier molecular flexibility index (Phi) is 6.03. The number of imidazole rings is 1. The fourth-order valence-corrected chi connectivity index (χ4v) is 6.30. The number of amides is 1. The number of carbonyl (C=O) groups is 1. The zero-order chi connectivity index (χ0) is 25.1. The van der Waals surface area contributed by atoms with Crippen LogP contribution in [-0.2, 0) is 36.0 Å². The van der Waals surface area contributed by atoms with Crippen LogP contribution in [0.1, 0.15) is 57.1 Å². The van der Waals surface area contributed by atoms with Gasteiger partial charge < -0.3 is 15.0 Å². The molecule has 1 aromatic carbocycles. The predicted molar refractivity (Wildman–Crippen MR) is 125 cm³/mol. The molecule has 0 spiro atoms. The van der Waals surface area contributed by atoms with E-state index in [1.807, 2.05) is 13.8 Å². The second-order valence-electron chi connectivity index (χ2n) is 10.7. The van der Waals surface area contributed by atoms with Gasteiger partial charge in [-0.05, 0) is 55.7 Å². The summed E-state index contributed by atoms with van der Waals surface area (Å²) in [5, 5.41) is 3.72. The molecule has 2 aromatic rings. The van der Waals surface area contributed by atoms with Crippen molar-refractivity contribution in [3.63, 3.8) is 0 Å². The third kappa shape index (κ3) is 4.08. The first kappa shape index (κ1) is 24.4. The van der Waals surface area contributed by atoms with Crippen LogP contribution in [0.5, 0.6) is 0 Å². The maximum absolute atomic E-state index is 14.1. The molecule has 1 N–H and O–H groups in total. The number of hydrogen-bond donors (Lipinski definition) is 1. The Labute approximate surface area is 202 Å². The van der Waals surface area contributed by atoms with Gasteiger partial charge in [0.05, 0.1) is 22.0 Å². The van der Waals surface area contributed by atoms with Gasteiger partial charge in [-0.15, -0.1) is 0 Å². The molecule has 0 radical (unpaired) electrons. The smallest absolute Gasteiger partial charge is 0.381 e. The molecule has 5 rings (SSSR count). The second kappa shape index (κ2) is 8.65. The van der Waals surface area contributed by atoms with Crippen LogP contribution < -0.4 is 11.0 Å². The lowest BCUT2D eigenvalue weighted by molar-refractivity contribution is -0.147. The van der Waals surface area contributed by atoms with Gasteiger partial charge in [-0.2, -0.15) is 13.2 Å². The lowest BCUT2D eigenvalue weighted by atomic mass is 9.74. The van der Waals surface area contributed by atoms with Crippen molar-refractivity contribution in [3.05, 3.63) is 33.7 Å². The summed E-state index contributed by atoms with van der Waals surface area (Å²) in [5.41, 5.74) is -0.740. The Balaban J connectivity index is 1.44. The van der Waals surface area contributed by atoms with Crippen LogP contribution in [-0.4, -0.2) is 45.2 Å². The molecule has 1 aliphatic carbocycles. The maximum Gasteiger partial charge on any atom is 0.416 e. The van der Waals surface area contributed by atoms with Crippen molar-refractivity contribution in [1.82, 2.24) is 19.4 Å². The van der Waals surface area contributed by atoms with E-state index in [0.29, 0.717) is 23.5 Å². The zero-order valence-electron chi connectivity index (χ0n) is 20.5. The molecule has 1 aromatic heterocycles. The molecular formula is C25H33F3N4O3. The van der Waals surface area contributed by atoms with Gasteiger partial charge >= 0.3 is 11.9 Å². The van der Waals surface area contributed by atoms with E-state index in [2.05, 4.69) is 5.32 Å². The number of alkyl halides is 3. The van der Waals surface area contributed by atoms with Crippen molar-refractivity contribution in [2.75, 3.05) is 13.2 Å². The first-order valence-electron chi connectivity index (χ1n) is 12.4. The number of benzene rings is 1. The summed E-state index contributed by atoms with van der Waals surface area (Å²) >= 11 is 0. The lowest BCUT2D eigenvalue weighted by Gasteiger charge is -2.39. The highest BCUT2D eigenvalue weighted by Gasteiger charge is 2.50. The quantitative estimate of drug-likeness (QED) is 0.705. The average Bonchev–Trinajstić information content (AvgIpc) is 3.35. The van der Waals surface area contributed by atoms with Crippen LogP contribution in [0.2, 0.25) is 0 Å². The van der Waals surface area contributed by atoms with Crippen molar-refractivity contribution in [3.8, 4) is 0 Å². The van der Waals surface area contributed by atoms with Gasteiger partial charge in [0.1, 0.15) is 6.67 Å². The largest absolute Gasteiger partial charge is 0.416 e. The number of aryl methyl sites for hydroxylation is 1. The number of hydrogen-bond acceptors (Lipinski definition) is 4. The highest BCUT2D eigenvalue weighted by Crippen LogP contribution is 2.47. The third-order valence-corrected chi connectivity index (χ3v) is 8.38. The van der Waals surface area contributed by atoms with Crippen LogP contribution in [0, 0.1) is 11.3 Å². The molecule has 0 bridgehead atoms. The van der Waals surface area contributed by atoms with Gasteiger partial charge in [0.15, 0.2) is 0 Å². The first-order chi connectivity index (χ1) is 16.5. The molecular weight excluding hydrogens is 461 g/mol. The van der Waals surface area contributed by atoms with Crippen molar-refractivity contribution >= 4 is 16.9 Å². The van der Waals surface area contributed by atoms with Crippen molar-refractivity contribution in [2.45, 2.75) is 77.4 Å². The number of nitrogens with zero attached hydrogens (tertiary/aromatic N) is 3. The predicted octanol–water partition coefficient (Wildman–Crippen LogP) is 3.62. The van der Waals surface area contributed by atoms with Crippen LogP contribution in [0.3, 0.4) is 0 Å². The highest BCUT2D eigenvalue weighted by atomic mass is 19.4. The van der Waals surface area contributed by atoms with Crippen molar-refractivity contribution in [1.29, 1.82) is 0 Å². The standard InChI is InChI=1S/C25H33F3N4O3/c1-15(2)24(7-4-19(12-24)29-18-5-8-35-9-6-18)22(33)31-13-16-10-17(25(26,27)28)11-20-21(16)32(14-31)23(34)30(20)3/h10-11,15,18-19,29H,4-9,12-14H2,1-3H3. The second-order valence-corrected chi connectivity index (χ2v) is 10.7. The Morgan fingerprint density at radius 2 is 1.89 bits per heavy atom. The molecule has 1 amide bonds. The van der Waals surface area contributed by atoms with E-state index in [1.165, 1.54) is 16.2 Å².